The van der Waals surface area contributed by atoms with Crippen molar-refractivity contribution in [1.29, 1.82) is 0 Å². The van der Waals surface area contributed by atoms with E-state index in [1.807, 2.05) is 0 Å². The Balaban J connectivity index is 1.62. The van der Waals surface area contributed by atoms with Gasteiger partial charge in [-0.3, -0.25) is 4.79 Å². The lowest BCUT2D eigenvalue weighted by Gasteiger charge is -2.27. The molecule has 0 saturated carbocycles. The summed E-state index contributed by atoms with van der Waals surface area (Å²) in [7, 11) is -5.71. The molecule has 0 bridgehead atoms. The molecular weight excluding hydrogens is 421 g/mol. The Morgan fingerprint density at radius 2 is 1.67 bits per heavy atom. The summed E-state index contributed by atoms with van der Waals surface area (Å²) in [4.78, 5) is 16.6. The van der Waals surface area contributed by atoms with Crippen LogP contribution in [0.4, 0.5) is 13.2 Å². The third-order valence-electron chi connectivity index (χ3n) is 4.94. The number of alkyl halides is 3. The van der Waals surface area contributed by atoms with Crippen molar-refractivity contribution in [3.05, 3.63) is 47.8 Å². The number of likely N-dealkylation sites (tertiary alicyclic amines) is 2. The molecule has 0 radical (unpaired) electrons. The van der Waals surface area contributed by atoms with Gasteiger partial charge in [0.2, 0.25) is 0 Å². The van der Waals surface area contributed by atoms with E-state index in [4.69, 9.17) is 0 Å². The summed E-state index contributed by atoms with van der Waals surface area (Å²) in [6.07, 6.45) is 10.3. The zero-order chi connectivity index (χ0) is 21.8. The smallest absolute Gasteiger partial charge is 0.376 e. The van der Waals surface area contributed by atoms with Gasteiger partial charge in [0.25, 0.3) is 5.91 Å². The summed E-state index contributed by atoms with van der Waals surface area (Å²) in [5.41, 5.74) is -3.97. The van der Waals surface area contributed by atoms with Crippen LogP contribution in [0.15, 0.2) is 42.2 Å². The van der Waals surface area contributed by atoms with Crippen molar-refractivity contribution < 1.29 is 30.6 Å². The fourth-order valence-corrected chi connectivity index (χ4v) is 3.87. The maximum Gasteiger partial charge on any atom is 0.534 e. The Kier molecular flexibility index (Phi) is 6.74. The fourth-order valence-electron chi connectivity index (χ4n) is 3.41. The highest BCUT2D eigenvalue weighted by molar-refractivity contribution is 7.88. The Bertz CT molecular complexity index is 918. The summed E-state index contributed by atoms with van der Waals surface area (Å²) < 4.78 is 63.2. The van der Waals surface area contributed by atoms with E-state index in [2.05, 4.69) is 15.3 Å². The van der Waals surface area contributed by atoms with Crippen LogP contribution in [0.25, 0.3) is 6.08 Å². The minimum atomic E-state index is -5.71. The largest absolute Gasteiger partial charge is 0.534 e. The van der Waals surface area contributed by atoms with E-state index in [0.29, 0.717) is 12.1 Å². The first-order chi connectivity index (χ1) is 14.2. The molecule has 0 aliphatic carbocycles. The number of hydrogen-bond acceptors (Lipinski definition) is 5. The Morgan fingerprint density at radius 3 is 2.30 bits per heavy atom. The summed E-state index contributed by atoms with van der Waals surface area (Å²) >= 11 is 0. The van der Waals surface area contributed by atoms with Crippen LogP contribution in [0.1, 0.15) is 37.7 Å². The molecule has 10 heteroatoms. The Morgan fingerprint density at radius 1 is 1.00 bits per heavy atom. The quantitative estimate of drug-likeness (QED) is 0.392. The number of benzene rings is 1. The molecule has 1 amide bonds. The van der Waals surface area contributed by atoms with Crippen LogP contribution in [0, 0.1) is 0 Å². The molecule has 2 fully saturated rings. The summed E-state index contributed by atoms with van der Waals surface area (Å²) in [5, 5.41) is 0. The molecule has 0 aromatic heterocycles. The fraction of sp³-hybridized carbons (Fsp3) is 0.450. The second kappa shape index (κ2) is 9.11. The lowest BCUT2D eigenvalue weighted by molar-refractivity contribution is -0.123. The maximum atomic E-state index is 12.6. The number of carbonyl (C=O) groups excluding carboxylic acids is 1. The highest BCUT2D eigenvalue weighted by atomic mass is 32.2. The van der Waals surface area contributed by atoms with Crippen LogP contribution in [0.2, 0.25) is 0 Å². The van der Waals surface area contributed by atoms with Gasteiger partial charge in [0.05, 0.1) is 0 Å². The minimum absolute atomic E-state index is 0.171. The van der Waals surface area contributed by atoms with Gasteiger partial charge in [0, 0.05) is 37.6 Å². The van der Waals surface area contributed by atoms with Crippen molar-refractivity contribution >= 4 is 22.1 Å². The van der Waals surface area contributed by atoms with Crippen LogP contribution in [-0.4, -0.2) is 49.3 Å². The maximum absolute atomic E-state index is 12.6. The van der Waals surface area contributed by atoms with Gasteiger partial charge >= 0.3 is 15.6 Å². The van der Waals surface area contributed by atoms with Crippen LogP contribution >= 0.6 is 0 Å². The normalized spacial score (nSPS) is 19.6. The first-order valence-corrected chi connectivity index (χ1v) is 11.1. The van der Waals surface area contributed by atoms with E-state index in [1.54, 1.807) is 4.90 Å². The predicted molar refractivity (Wildman–Crippen MR) is 106 cm³/mol. The molecule has 1 aromatic carbocycles. The molecule has 0 N–H and O–H groups in total. The molecular formula is C20H23F3N2O4S. The molecule has 1 aromatic rings. The van der Waals surface area contributed by atoms with Gasteiger partial charge in [-0.2, -0.15) is 21.6 Å². The van der Waals surface area contributed by atoms with E-state index in [-0.39, 0.29) is 5.91 Å². The Labute approximate surface area is 173 Å². The number of amides is 1. The van der Waals surface area contributed by atoms with E-state index in [9.17, 15) is 26.4 Å². The third kappa shape index (κ3) is 5.56. The monoisotopic (exact) mass is 444 g/mol. The van der Waals surface area contributed by atoms with Crippen molar-refractivity contribution in [2.45, 2.75) is 37.6 Å². The SMILES string of the molecule is O=C(/C=C/c1ccc(OS(=O)(=O)C(F)(F)F)cc1)N1CCC/C1=C\N1CCCCC1. The number of nitrogens with zero attached hydrogens (tertiary/aromatic N) is 2. The van der Waals surface area contributed by atoms with Gasteiger partial charge in [0.15, 0.2) is 0 Å². The molecule has 2 heterocycles. The molecule has 2 saturated heterocycles. The lowest BCUT2D eigenvalue weighted by Crippen LogP contribution is -2.29. The molecule has 0 unspecified atom stereocenters. The number of allylic oxidation sites excluding steroid dienone is 1. The van der Waals surface area contributed by atoms with Crippen molar-refractivity contribution in [1.82, 2.24) is 9.80 Å². The number of piperidine rings is 1. The number of rotatable bonds is 5. The summed E-state index contributed by atoms with van der Waals surface area (Å²) in [6, 6.07) is 4.95. The molecule has 6 nitrogen and oxygen atoms in total. The van der Waals surface area contributed by atoms with Crippen LogP contribution in [0.3, 0.4) is 0 Å². The molecule has 2 aliphatic rings. The Hall–Kier alpha value is -2.49. The second-order valence-corrected chi connectivity index (χ2v) is 8.73. The van der Waals surface area contributed by atoms with Gasteiger partial charge < -0.3 is 14.0 Å². The lowest BCUT2D eigenvalue weighted by atomic mass is 10.1. The molecule has 2 aliphatic heterocycles. The summed E-state index contributed by atoms with van der Waals surface area (Å²) in [6.45, 7) is 2.64. The van der Waals surface area contributed by atoms with E-state index < -0.39 is 21.4 Å². The topological polar surface area (TPSA) is 66.9 Å². The highest BCUT2D eigenvalue weighted by Crippen LogP contribution is 2.27. The first kappa shape index (κ1) is 22.2. The predicted octanol–water partition coefficient (Wildman–Crippen LogP) is 3.88. The van der Waals surface area contributed by atoms with Crippen molar-refractivity contribution in [2.75, 3.05) is 19.6 Å². The van der Waals surface area contributed by atoms with Crippen molar-refractivity contribution in [3.8, 4) is 5.75 Å². The van der Waals surface area contributed by atoms with Crippen molar-refractivity contribution in [2.24, 2.45) is 0 Å². The first-order valence-electron chi connectivity index (χ1n) is 9.71. The van der Waals surface area contributed by atoms with Gasteiger partial charge in [-0.1, -0.05) is 12.1 Å². The molecule has 30 heavy (non-hydrogen) atoms. The zero-order valence-electron chi connectivity index (χ0n) is 16.3. The third-order valence-corrected chi connectivity index (χ3v) is 5.92. The molecule has 0 spiro atoms. The van der Waals surface area contributed by atoms with Crippen LogP contribution in [0.5, 0.6) is 5.75 Å². The number of hydrogen-bond donors (Lipinski definition) is 0. The van der Waals surface area contributed by atoms with Gasteiger partial charge in [-0.05, 0) is 55.9 Å². The van der Waals surface area contributed by atoms with E-state index >= 15 is 0 Å². The van der Waals surface area contributed by atoms with Gasteiger partial charge in [-0.15, -0.1) is 0 Å². The zero-order valence-corrected chi connectivity index (χ0v) is 17.1. The van der Waals surface area contributed by atoms with Crippen molar-refractivity contribution in [3.63, 3.8) is 0 Å². The molecule has 0 atom stereocenters. The number of carbonyl (C=O) groups is 1. The second-order valence-electron chi connectivity index (χ2n) is 7.20. The van der Waals surface area contributed by atoms with Gasteiger partial charge in [-0.25, -0.2) is 0 Å². The van der Waals surface area contributed by atoms with E-state index in [0.717, 1.165) is 56.6 Å². The average Bonchev–Trinajstić information content (AvgIpc) is 3.15. The standard InChI is InChI=1S/C20H23F3N2O4S/c21-20(22,23)30(27,28)29-18-9-6-16(7-10-18)8-11-19(26)25-14-4-5-17(25)15-24-12-2-1-3-13-24/h6-11,15H,1-5,12-14H2/b11-8+,17-15+. The van der Waals surface area contributed by atoms with Crippen LogP contribution in [-0.2, 0) is 14.9 Å². The summed E-state index contributed by atoms with van der Waals surface area (Å²) in [5.74, 6) is -0.627. The van der Waals surface area contributed by atoms with E-state index in [1.165, 1.54) is 30.7 Å². The number of halogens is 3. The molecule has 164 valence electrons. The van der Waals surface area contributed by atoms with Gasteiger partial charge in [0.1, 0.15) is 5.75 Å². The average molecular weight is 444 g/mol. The van der Waals surface area contributed by atoms with Crippen LogP contribution < -0.4 is 4.18 Å². The highest BCUT2D eigenvalue weighted by Gasteiger charge is 2.48. The minimum Gasteiger partial charge on any atom is -0.376 e. The molecule has 3 rings (SSSR count).